The topological polar surface area (TPSA) is 6.48 Å². The molecule has 0 amide bonds. The van der Waals surface area contributed by atoms with Gasteiger partial charge in [0.05, 0.1) is 6.67 Å². The molecule has 6 aromatic rings. The highest BCUT2D eigenvalue weighted by Crippen LogP contribution is 2.48. The number of hydrogen-bond acceptors (Lipinski definition) is 2. The summed E-state index contributed by atoms with van der Waals surface area (Å²) in [5, 5.41) is 0. The van der Waals surface area contributed by atoms with Gasteiger partial charge in [-0.3, -0.25) is 0 Å². The maximum Gasteiger partial charge on any atom is 0.117 e. The lowest BCUT2D eigenvalue weighted by atomic mass is 9.75. The highest BCUT2D eigenvalue weighted by atomic mass is 15.4. The summed E-state index contributed by atoms with van der Waals surface area (Å²) in [6.45, 7) is 0.664. The number of rotatable bonds is 8. The highest BCUT2D eigenvalue weighted by Gasteiger charge is 2.48. The number of nitrogens with zero attached hydrogens (tertiary/aromatic N) is 2. The van der Waals surface area contributed by atoms with Gasteiger partial charge in [-0.05, 0) is 33.4 Å². The second kappa shape index (κ2) is 11.5. The van der Waals surface area contributed by atoms with Gasteiger partial charge in [-0.15, -0.1) is 0 Å². The Hall–Kier alpha value is -5.34. The van der Waals surface area contributed by atoms with Gasteiger partial charge in [-0.2, -0.15) is 0 Å². The summed E-state index contributed by atoms with van der Waals surface area (Å²) in [7, 11) is 0. The van der Waals surface area contributed by atoms with Crippen molar-refractivity contribution in [2.45, 2.75) is 11.1 Å². The lowest BCUT2D eigenvalue weighted by molar-refractivity contribution is 0.131. The van der Waals surface area contributed by atoms with Crippen molar-refractivity contribution >= 4 is 0 Å². The van der Waals surface area contributed by atoms with Gasteiger partial charge >= 0.3 is 0 Å². The molecule has 2 heteroatoms. The molecule has 1 aliphatic rings. The fourth-order valence-electron chi connectivity index (χ4n) is 6.93. The van der Waals surface area contributed by atoms with Crippen molar-refractivity contribution in [3.63, 3.8) is 0 Å². The third-order valence-electron chi connectivity index (χ3n) is 8.74. The molecule has 0 N–H and O–H groups in total. The maximum atomic E-state index is 2.51. The van der Waals surface area contributed by atoms with Gasteiger partial charge < -0.3 is 9.80 Å². The molecule has 0 bridgehead atoms. The molecule has 0 radical (unpaired) electrons. The molecule has 0 unspecified atom stereocenters. The van der Waals surface area contributed by atoms with Crippen molar-refractivity contribution < 1.29 is 0 Å². The zero-order valence-corrected chi connectivity index (χ0v) is 24.1. The Bertz CT molecular complexity index is 1440. The van der Waals surface area contributed by atoms with Crippen LogP contribution in [0.25, 0.3) is 0 Å². The van der Waals surface area contributed by atoms with E-state index in [0.29, 0.717) is 6.67 Å². The fourth-order valence-corrected chi connectivity index (χ4v) is 6.93. The zero-order valence-electron chi connectivity index (χ0n) is 24.1. The molecule has 1 heterocycles. The van der Waals surface area contributed by atoms with Crippen LogP contribution in [0.15, 0.2) is 194 Å². The molecular weight excluding hydrogens is 520 g/mol. The molecule has 0 aliphatic carbocycles. The first kappa shape index (κ1) is 26.6. The standard InChI is InChI=1S/C41H34N2/c1-7-19-34(20-8-1)40(35-21-9-2-10-22-35,36-23-11-3-12-24-36)42-31-32-43(33-42)41(37-25-13-4-14-26-37,38-27-15-5-16-28-38)39-29-17-6-18-30-39/h1-32H,33H2. The minimum Gasteiger partial charge on any atom is -0.341 e. The predicted octanol–water partition coefficient (Wildman–Crippen LogP) is 9.02. The number of benzene rings is 6. The highest BCUT2D eigenvalue weighted by molar-refractivity contribution is 5.53. The summed E-state index contributed by atoms with van der Waals surface area (Å²) < 4.78 is 0. The van der Waals surface area contributed by atoms with Gasteiger partial charge in [0.25, 0.3) is 0 Å². The average Bonchev–Trinajstić information content (AvgIpc) is 3.59. The Kier molecular flexibility index (Phi) is 7.10. The first-order valence-electron chi connectivity index (χ1n) is 14.9. The van der Waals surface area contributed by atoms with Gasteiger partial charge in [-0.25, -0.2) is 0 Å². The van der Waals surface area contributed by atoms with Crippen LogP contribution in [0, 0.1) is 0 Å². The van der Waals surface area contributed by atoms with Crippen molar-refractivity contribution in [2.24, 2.45) is 0 Å². The summed E-state index contributed by atoms with van der Waals surface area (Å²) in [4.78, 5) is 5.02. The maximum absolute atomic E-state index is 2.51. The van der Waals surface area contributed by atoms with E-state index >= 15 is 0 Å². The fraction of sp³-hybridized carbons (Fsp3) is 0.0732. The van der Waals surface area contributed by atoms with E-state index in [0.717, 1.165) is 0 Å². The minimum absolute atomic E-state index is 0.551. The van der Waals surface area contributed by atoms with Crippen molar-refractivity contribution in [1.82, 2.24) is 9.80 Å². The first-order valence-corrected chi connectivity index (χ1v) is 14.9. The zero-order chi connectivity index (χ0) is 29.0. The summed E-state index contributed by atoms with van der Waals surface area (Å²) in [5.74, 6) is 0. The summed E-state index contributed by atoms with van der Waals surface area (Å²) >= 11 is 0. The largest absolute Gasteiger partial charge is 0.341 e. The van der Waals surface area contributed by atoms with Crippen molar-refractivity contribution in [1.29, 1.82) is 0 Å². The predicted molar refractivity (Wildman–Crippen MR) is 176 cm³/mol. The molecule has 2 nitrogen and oxygen atoms in total. The van der Waals surface area contributed by atoms with Crippen LogP contribution in [0.5, 0.6) is 0 Å². The molecule has 0 aromatic heterocycles. The molecule has 0 saturated heterocycles. The van der Waals surface area contributed by atoms with E-state index in [1.54, 1.807) is 0 Å². The average molecular weight is 555 g/mol. The van der Waals surface area contributed by atoms with Crippen molar-refractivity contribution in [2.75, 3.05) is 6.67 Å². The molecule has 7 rings (SSSR count). The second-order valence-electron chi connectivity index (χ2n) is 11.0. The molecule has 6 aromatic carbocycles. The van der Waals surface area contributed by atoms with Gasteiger partial charge in [0.1, 0.15) is 11.1 Å². The lowest BCUT2D eigenvalue weighted by Crippen LogP contribution is -2.51. The van der Waals surface area contributed by atoms with Gasteiger partial charge in [0, 0.05) is 12.4 Å². The molecule has 0 fully saturated rings. The van der Waals surface area contributed by atoms with Crippen LogP contribution in [-0.2, 0) is 11.1 Å². The van der Waals surface area contributed by atoms with Crippen LogP contribution in [0.3, 0.4) is 0 Å². The van der Waals surface area contributed by atoms with E-state index in [9.17, 15) is 0 Å². The molecule has 0 atom stereocenters. The third kappa shape index (κ3) is 4.43. The quantitative estimate of drug-likeness (QED) is 0.173. The van der Waals surface area contributed by atoms with Crippen LogP contribution in [0.2, 0.25) is 0 Å². The van der Waals surface area contributed by atoms with Crippen LogP contribution < -0.4 is 0 Å². The summed E-state index contributed by atoms with van der Waals surface area (Å²) in [6.07, 6.45) is 4.58. The minimum atomic E-state index is -0.551. The molecule has 43 heavy (non-hydrogen) atoms. The lowest BCUT2D eigenvalue weighted by Gasteiger charge is -2.48. The van der Waals surface area contributed by atoms with Crippen molar-refractivity contribution in [3.05, 3.63) is 228 Å². The smallest absolute Gasteiger partial charge is 0.117 e. The summed E-state index contributed by atoms with van der Waals surface area (Å²) in [6, 6.07) is 65.5. The molecule has 0 spiro atoms. The van der Waals surface area contributed by atoms with E-state index in [-0.39, 0.29) is 0 Å². The molecule has 1 aliphatic heterocycles. The van der Waals surface area contributed by atoms with Gasteiger partial charge in [-0.1, -0.05) is 182 Å². The third-order valence-corrected chi connectivity index (χ3v) is 8.74. The first-order chi connectivity index (χ1) is 21.3. The Morgan fingerprint density at radius 2 is 0.465 bits per heavy atom. The Labute approximate surface area is 254 Å². The second-order valence-corrected chi connectivity index (χ2v) is 11.0. The van der Waals surface area contributed by atoms with E-state index < -0.39 is 11.1 Å². The molecular formula is C41H34N2. The van der Waals surface area contributed by atoms with Crippen LogP contribution >= 0.6 is 0 Å². The SMILES string of the molecule is C1=CN(C(c2ccccc2)(c2ccccc2)c2ccccc2)CN1C(c1ccccc1)(c1ccccc1)c1ccccc1. The Morgan fingerprint density at radius 1 is 0.279 bits per heavy atom. The monoisotopic (exact) mass is 554 g/mol. The van der Waals surface area contributed by atoms with Gasteiger partial charge in [0.15, 0.2) is 0 Å². The van der Waals surface area contributed by atoms with Crippen molar-refractivity contribution in [3.8, 4) is 0 Å². The van der Waals surface area contributed by atoms with Gasteiger partial charge in [0.2, 0.25) is 0 Å². The van der Waals surface area contributed by atoms with E-state index in [1.807, 2.05) is 0 Å². The Balaban J connectivity index is 1.47. The van der Waals surface area contributed by atoms with Crippen LogP contribution in [-0.4, -0.2) is 16.5 Å². The number of hydrogen-bond donors (Lipinski definition) is 0. The van der Waals surface area contributed by atoms with E-state index in [4.69, 9.17) is 0 Å². The van der Waals surface area contributed by atoms with Crippen LogP contribution in [0.1, 0.15) is 33.4 Å². The molecule has 208 valence electrons. The normalized spacial score (nSPS) is 13.3. The van der Waals surface area contributed by atoms with E-state index in [2.05, 4.69) is 204 Å². The van der Waals surface area contributed by atoms with Crippen LogP contribution in [0.4, 0.5) is 0 Å². The summed E-state index contributed by atoms with van der Waals surface area (Å²) in [5.41, 5.74) is 6.25. The Morgan fingerprint density at radius 3 is 0.651 bits per heavy atom. The molecule has 0 saturated carbocycles. The van der Waals surface area contributed by atoms with E-state index in [1.165, 1.54) is 33.4 Å².